The highest BCUT2D eigenvalue weighted by Gasteiger charge is 2.36. The van der Waals surface area contributed by atoms with E-state index in [1.807, 2.05) is 0 Å². The molecule has 1 aliphatic carbocycles. The Morgan fingerprint density at radius 1 is 1.54 bits per heavy atom. The Morgan fingerprint density at radius 3 is 3.00 bits per heavy atom. The number of nitrogens with one attached hydrogen (secondary N) is 2. The zero-order valence-electron chi connectivity index (χ0n) is 8.44. The molecule has 1 saturated carbocycles. The molecule has 3 heteroatoms. The van der Waals surface area contributed by atoms with Crippen LogP contribution in [0.3, 0.4) is 0 Å². The largest absolute Gasteiger partial charge is 0.315 e. The minimum absolute atomic E-state index is 0.655. The average molecular weight is 200 g/mol. The topological polar surface area (TPSA) is 24.1 Å². The molecule has 2 aliphatic rings. The standard InChI is InChI=1S/C10H20N2S/c1-10(2-3-10)8-11-6-9-7-13-5-4-12-9/h9,11-12H,2-8H2,1H3. The van der Waals surface area contributed by atoms with E-state index in [1.54, 1.807) is 0 Å². The van der Waals surface area contributed by atoms with Crippen molar-refractivity contribution in [3.05, 3.63) is 0 Å². The van der Waals surface area contributed by atoms with Crippen LogP contribution in [-0.4, -0.2) is 37.2 Å². The summed E-state index contributed by atoms with van der Waals surface area (Å²) < 4.78 is 0. The molecule has 1 heterocycles. The summed E-state index contributed by atoms with van der Waals surface area (Å²) in [5.41, 5.74) is 0.655. The van der Waals surface area contributed by atoms with Crippen molar-refractivity contribution in [2.75, 3.05) is 31.1 Å². The quantitative estimate of drug-likeness (QED) is 0.710. The van der Waals surface area contributed by atoms with E-state index in [0.717, 1.165) is 6.54 Å². The van der Waals surface area contributed by atoms with Crippen LogP contribution in [0.2, 0.25) is 0 Å². The first-order valence-corrected chi connectivity index (χ1v) is 6.46. The lowest BCUT2D eigenvalue weighted by atomic mass is 10.1. The lowest BCUT2D eigenvalue weighted by molar-refractivity contribution is 0.454. The third-order valence-electron chi connectivity index (χ3n) is 3.04. The summed E-state index contributed by atoms with van der Waals surface area (Å²) in [6.45, 7) is 5.94. The fourth-order valence-corrected chi connectivity index (χ4v) is 2.64. The van der Waals surface area contributed by atoms with Gasteiger partial charge in [0.05, 0.1) is 0 Å². The molecule has 1 unspecified atom stereocenters. The molecule has 76 valence electrons. The molecule has 0 radical (unpaired) electrons. The predicted octanol–water partition coefficient (Wildman–Crippen LogP) is 1.08. The number of rotatable bonds is 4. The summed E-state index contributed by atoms with van der Waals surface area (Å²) in [5, 5.41) is 7.12. The van der Waals surface area contributed by atoms with Crippen LogP contribution >= 0.6 is 11.8 Å². The van der Waals surface area contributed by atoms with Gasteiger partial charge in [0, 0.05) is 37.2 Å². The first kappa shape index (κ1) is 9.81. The van der Waals surface area contributed by atoms with Crippen molar-refractivity contribution >= 4 is 11.8 Å². The van der Waals surface area contributed by atoms with Crippen LogP contribution in [0.25, 0.3) is 0 Å². The molecule has 0 amide bonds. The number of thioether (sulfide) groups is 1. The van der Waals surface area contributed by atoms with E-state index in [-0.39, 0.29) is 0 Å². The van der Waals surface area contributed by atoms with Gasteiger partial charge < -0.3 is 10.6 Å². The summed E-state index contributed by atoms with van der Waals surface area (Å²) in [6.07, 6.45) is 2.85. The van der Waals surface area contributed by atoms with E-state index in [1.165, 1.54) is 37.4 Å². The van der Waals surface area contributed by atoms with Crippen molar-refractivity contribution in [2.24, 2.45) is 5.41 Å². The zero-order chi connectivity index (χ0) is 9.15. The lowest BCUT2D eigenvalue weighted by Crippen LogP contribution is -2.45. The maximum atomic E-state index is 3.58. The highest BCUT2D eigenvalue weighted by Crippen LogP contribution is 2.43. The highest BCUT2D eigenvalue weighted by atomic mass is 32.2. The van der Waals surface area contributed by atoms with Crippen LogP contribution in [0.1, 0.15) is 19.8 Å². The van der Waals surface area contributed by atoms with Gasteiger partial charge in [0.25, 0.3) is 0 Å². The number of hydrogen-bond acceptors (Lipinski definition) is 3. The Labute approximate surface area is 85.2 Å². The van der Waals surface area contributed by atoms with Gasteiger partial charge in [0.1, 0.15) is 0 Å². The first-order chi connectivity index (χ1) is 6.29. The van der Waals surface area contributed by atoms with E-state index in [2.05, 4.69) is 29.3 Å². The molecule has 1 atom stereocenters. The van der Waals surface area contributed by atoms with Crippen LogP contribution in [-0.2, 0) is 0 Å². The Balaban J connectivity index is 1.56. The van der Waals surface area contributed by atoms with Crippen LogP contribution in [0.5, 0.6) is 0 Å². The maximum absolute atomic E-state index is 3.58. The van der Waals surface area contributed by atoms with E-state index >= 15 is 0 Å². The Morgan fingerprint density at radius 2 is 2.38 bits per heavy atom. The third-order valence-corrected chi connectivity index (χ3v) is 4.18. The minimum atomic E-state index is 0.655. The normalized spacial score (nSPS) is 31.6. The summed E-state index contributed by atoms with van der Waals surface area (Å²) >= 11 is 2.07. The molecule has 0 aromatic heterocycles. The molecular weight excluding hydrogens is 180 g/mol. The van der Waals surface area contributed by atoms with Gasteiger partial charge in [0.15, 0.2) is 0 Å². The average Bonchev–Trinajstić information content (AvgIpc) is 2.86. The van der Waals surface area contributed by atoms with Gasteiger partial charge in [-0.2, -0.15) is 11.8 Å². The first-order valence-electron chi connectivity index (χ1n) is 5.30. The second-order valence-electron chi connectivity index (χ2n) is 4.67. The Kier molecular flexibility index (Phi) is 3.17. The highest BCUT2D eigenvalue weighted by molar-refractivity contribution is 7.99. The van der Waals surface area contributed by atoms with E-state index < -0.39 is 0 Å². The summed E-state index contributed by atoms with van der Waals surface area (Å²) in [7, 11) is 0. The van der Waals surface area contributed by atoms with Crippen LogP contribution in [0.4, 0.5) is 0 Å². The summed E-state index contributed by atoms with van der Waals surface area (Å²) in [4.78, 5) is 0. The molecular formula is C10H20N2S. The fourth-order valence-electron chi connectivity index (χ4n) is 1.69. The maximum Gasteiger partial charge on any atom is 0.0283 e. The fraction of sp³-hybridized carbons (Fsp3) is 1.00. The molecule has 0 aromatic rings. The van der Waals surface area contributed by atoms with Crippen molar-refractivity contribution in [1.82, 2.24) is 10.6 Å². The Hall–Kier alpha value is 0.270. The number of hydrogen-bond donors (Lipinski definition) is 2. The molecule has 2 nitrogen and oxygen atoms in total. The molecule has 13 heavy (non-hydrogen) atoms. The van der Waals surface area contributed by atoms with Gasteiger partial charge >= 0.3 is 0 Å². The molecule has 1 aliphatic heterocycles. The summed E-state index contributed by atoms with van der Waals surface area (Å²) in [5.74, 6) is 2.57. The van der Waals surface area contributed by atoms with Gasteiger partial charge in [-0.25, -0.2) is 0 Å². The van der Waals surface area contributed by atoms with E-state index in [9.17, 15) is 0 Å². The molecule has 2 N–H and O–H groups in total. The molecule has 1 saturated heterocycles. The molecule has 2 fully saturated rings. The van der Waals surface area contributed by atoms with Crippen LogP contribution in [0.15, 0.2) is 0 Å². The monoisotopic (exact) mass is 200 g/mol. The van der Waals surface area contributed by atoms with Crippen LogP contribution < -0.4 is 10.6 Å². The van der Waals surface area contributed by atoms with Gasteiger partial charge in [-0.1, -0.05) is 6.92 Å². The van der Waals surface area contributed by atoms with E-state index in [0.29, 0.717) is 11.5 Å². The molecule has 0 bridgehead atoms. The molecule has 0 aromatic carbocycles. The van der Waals surface area contributed by atoms with Gasteiger partial charge in [0.2, 0.25) is 0 Å². The SMILES string of the molecule is CC1(CNCC2CSCCN2)CC1. The molecule has 0 spiro atoms. The lowest BCUT2D eigenvalue weighted by Gasteiger charge is -2.24. The second-order valence-corrected chi connectivity index (χ2v) is 5.82. The summed E-state index contributed by atoms with van der Waals surface area (Å²) in [6, 6.07) is 0.709. The smallest absolute Gasteiger partial charge is 0.0283 e. The van der Waals surface area contributed by atoms with Gasteiger partial charge in [-0.3, -0.25) is 0 Å². The van der Waals surface area contributed by atoms with Crippen LogP contribution in [0, 0.1) is 5.41 Å². The van der Waals surface area contributed by atoms with Crippen molar-refractivity contribution in [2.45, 2.75) is 25.8 Å². The van der Waals surface area contributed by atoms with Crippen molar-refractivity contribution in [1.29, 1.82) is 0 Å². The minimum Gasteiger partial charge on any atom is -0.315 e. The van der Waals surface area contributed by atoms with Crippen molar-refractivity contribution in [3.8, 4) is 0 Å². The zero-order valence-corrected chi connectivity index (χ0v) is 9.25. The molecule has 2 rings (SSSR count). The second kappa shape index (κ2) is 4.20. The van der Waals surface area contributed by atoms with Crippen molar-refractivity contribution < 1.29 is 0 Å². The third kappa shape index (κ3) is 3.15. The Bertz CT molecular complexity index is 162. The van der Waals surface area contributed by atoms with E-state index in [4.69, 9.17) is 0 Å². The van der Waals surface area contributed by atoms with Gasteiger partial charge in [-0.05, 0) is 18.3 Å². The predicted molar refractivity (Wildman–Crippen MR) is 59.3 cm³/mol. The van der Waals surface area contributed by atoms with Crippen molar-refractivity contribution in [3.63, 3.8) is 0 Å². The van der Waals surface area contributed by atoms with Gasteiger partial charge in [-0.15, -0.1) is 0 Å².